The maximum Gasteiger partial charge on any atom is 0.335 e. The number of carboxylic acid groups (broad SMARTS) is 1. The molecule has 0 amide bonds. The number of fused-ring (bicyclic) bond motifs is 1. The number of carboxylic acids is 1. The van der Waals surface area contributed by atoms with E-state index in [0.717, 1.165) is 25.2 Å². The zero-order valence-electron chi connectivity index (χ0n) is 24.8. The molecule has 5 N–H and O–H groups in total. The van der Waals surface area contributed by atoms with Crippen LogP contribution in [0.2, 0.25) is 0 Å². The molecule has 0 bridgehead atoms. The average molecular weight is 650 g/mol. The molecule has 3 aromatic carbocycles. The average Bonchev–Trinajstić information content (AvgIpc) is 3.44. The Morgan fingerprint density at radius 1 is 0.870 bits per heavy atom. The van der Waals surface area contributed by atoms with Gasteiger partial charge in [0.05, 0.1) is 0 Å². The first-order valence-electron chi connectivity index (χ1n) is 15.1. The van der Waals surface area contributed by atoms with Crippen molar-refractivity contribution < 1.29 is 49.3 Å². The van der Waals surface area contributed by atoms with Crippen molar-refractivity contribution in [3.63, 3.8) is 0 Å². The molecule has 1 aromatic heterocycles. The summed E-state index contributed by atoms with van der Waals surface area (Å²) in [5.74, 6) is -0.774. The van der Waals surface area contributed by atoms with Crippen LogP contribution in [-0.2, 0) is 9.53 Å². The first-order chi connectivity index (χ1) is 22.2. The van der Waals surface area contributed by atoms with E-state index in [1.54, 1.807) is 66.7 Å². The molecule has 0 spiro atoms. The van der Waals surface area contributed by atoms with Crippen LogP contribution in [0.15, 0.2) is 66.7 Å². The van der Waals surface area contributed by atoms with E-state index in [1.807, 2.05) is 0 Å². The number of nitrogens with zero attached hydrogens (tertiary/aromatic N) is 1. The van der Waals surface area contributed by atoms with Gasteiger partial charge >= 0.3 is 5.97 Å². The van der Waals surface area contributed by atoms with Crippen LogP contribution in [0.1, 0.15) is 35.2 Å². The number of phenols is 1. The highest BCUT2D eigenvalue weighted by molar-refractivity contribution is 7.22. The van der Waals surface area contributed by atoms with Gasteiger partial charge in [-0.15, -0.1) is 11.3 Å². The van der Waals surface area contributed by atoms with Crippen LogP contribution in [0.3, 0.4) is 0 Å². The van der Waals surface area contributed by atoms with Crippen molar-refractivity contribution in [2.45, 2.75) is 50.0 Å². The molecular formula is C34H35NO10S. The molecular weight excluding hydrogens is 614 g/mol. The zero-order valence-corrected chi connectivity index (χ0v) is 25.6. The number of aliphatic hydroxyl groups excluding tert-OH is 3. The van der Waals surface area contributed by atoms with E-state index in [0.29, 0.717) is 38.4 Å². The van der Waals surface area contributed by atoms with Crippen LogP contribution >= 0.6 is 11.3 Å². The molecule has 0 radical (unpaired) electrons. The molecule has 5 atom stereocenters. The van der Waals surface area contributed by atoms with Gasteiger partial charge in [-0.3, -0.25) is 9.69 Å². The second-order valence-corrected chi connectivity index (χ2v) is 12.5. The number of ether oxygens (including phenoxy) is 3. The SMILES string of the molecule is O=C(c1ccc(OCCN2CCCCC2)cc1)c1c(-c2ccc(O)cc2)sc2cc(O[C@@H]3O[C@H](C(=O)O)[C@@H](O)[C@H](O)[C@@H]3O)ccc12. The molecule has 2 aliphatic rings. The molecule has 0 aliphatic carbocycles. The van der Waals surface area contributed by atoms with Crippen LogP contribution in [0, 0.1) is 0 Å². The van der Waals surface area contributed by atoms with Gasteiger partial charge in [-0.25, -0.2) is 4.79 Å². The molecule has 46 heavy (non-hydrogen) atoms. The summed E-state index contributed by atoms with van der Waals surface area (Å²) >= 11 is 1.32. The van der Waals surface area contributed by atoms with E-state index in [9.17, 15) is 35.1 Å². The Labute approximate surface area is 268 Å². The second-order valence-electron chi connectivity index (χ2n) is 11.5. The highest BCUT2D eigenvalue weighted by Gasteiger charge is 2.48. The number of ketones is 1. The number of likely N-dealkylation sites (tertiary alicyclic amines) is 1. The molecule has 242 valence electrons. The van der Waals surface area contributed by atoms with Crippen LogP contribution in [0.25, 0.3) is 20.5 Å². The fourth-order valence-electron chi connectivity index (χ4n) is 5.80. The Morgan fingerprint density at radius 3 is 2.26 bits per heavy atom. The van der Waals surface area contributed by atoms with Crippen molar-refractivity contribution >= 4 is 33.2 Å². The lowest BCUT2D eigenvalue weighted by molar-refractivity contribution is -0.271. The summed E-state index contributed by atoms with van der Waals surface area (Å²) < 4.78 is 17.6. The van der Waals surface area contributed by atoms with Crippen molar-refractivity contribution in [3.8, 4) is 27.7 Å². The van der Waals surface area contributed by atoms with Crippen molar-refractivity contribution in [3.05, 3.63) is 77.9 Å². The smallest absolute Gasteiger partial charge is 0.335 e. The predicted octanol–water partition coefficient (Wildman–Crippen LogP) is 3.64. The Hall–Kier alpha value is -4.04. The Bertz CT molecular complexity index is 1680. The minimum atomic E-state index is -1.84. The second kappa shape index (κ2) is 13.8. The number of phenolic OH excluding ortho intramolecular Hbond substituents is 1. The molecule has 2 aliphatic heterocycles. The number of aliphatic hydroxyl groups is 3. The fourth-order valence-corrected chi connectivity index (χ4v) is 7.03. The Balaban J connectivity index is 1.26. The summed E-state index contributed by atoms with van der Waals surface area (Å²) in [4.78, 5) is 28.6. The third kappa shape index (κ3) is 6.73. The quantitative estimate of drug-likeness (QED) is 0.159. The number of hydrogen-bond donors (Lipinski definition) is 5. The summed E-state index contributed by atoms with van der Waals surface area (Å²) in [6, 6.07) is 18.4. The van der Waals surface area contributed by atoms with Crippen molar-refractivity contribution in [1.82, 2.24) is 4.90 Å². The van der Waals surface area contributed by atoms with Crippen LogP contribution in [0.5, 0.6) is 17.2 Å². The van der Waals surface area contributed by atoms with Crippen LogP contribution in [-0.4, -0.2) is 99.1 Å². The summed E-state index contributed by atoms with van der Waals surface area (Å²) in [6.07, 6.45) is -5.02. The number of benzene rings is 3. The lowest BCUT2D eigenvalue weighted by Gasteiger charge is -2.38. The third-order valence-corrected chi connectivity index (χ3v) is 9.53. The van der Waals surface area contributed by atoms with Gasteiger partial charge in [0, 0.05) is 32.6 Å². The maximum atomic E-state index is 14.0. The normalized spacial score (nSPS) is 23.7. The van der Waals surface area contributed by atoms with Gasteiger partial charge in [0.2, 0.25) is 6.29 Å². The van der Waals surface area contributed by atoms with Gasteiger partial charge in [0.1, 0.15) is 42.2 Å². The molecule has 4 aromatic rings. The third-order valence-electron chi connectivity index (χ3n) is 8.32. The van der Waals surface area contributed by atoms with Gasteiger partial charge in [0.25, 0.3) is 0 Å². The summed E-state index contributed by atoms with van der Waals surface area (Å²) in [7, 11) is 0. The lowest BCUT2D eigenvalue weighted by Crippen LogP contribution is -2.61. The Kier molecular flexibility index (Phi) is 9.54. The first-order valence-corrected chi connectivity index (χ1v) is 16.0. The first kappa shape index (κ1) is 31.9. The van der Waals surface area contributed by atoms with Crippen molar-refractivity contribution in [2.24, 2.45) is 0 Å². The number of carbonyl (C=O) groups is 2. The summed E-state index contributed by atoms with van der Waals surface area (Å²) in [5, 5.41) is 50.4. The molecule has 2 fully saturated rings. The van der Waals surface area contributed by atoms with Gasteiger partial charge in [0.15, 0.2) is 11.9 Å². The van der Waals surface area contributed by atoms with E-state index in [2.05, 4.69) is 4.90 Å². The lowest BCUT2D eigenvalue weighted by atomic mass is 9.97. The van der Waals surface area contributed by atoms with E-state index in [4.69, 9.17) is 14.2 Å². The minimum absolute atomic E-state index is 0.0855. The molecule has 0 saturated carbocycles. The van der Waals surface area contributed by atoms with Gasteiger partial charge in [-0.2, -0.15) is 0 Å². The van der Waals surface area contributed by atoms with E-state index in [1.165, 1.54) is 30.6 Å². The maximum absolute atomic E-state index is 14.0. The molecule has 12 heteroatoms. The van der Waals surface area contributed by atoms with E-state index >= 15 is 0 Å². The molecule has 2 saturated heterocycles. The van der Waals surface area contributed by atoms with Gasteiger partial charge in [-0.05, 0) is 98.2 Å². The van der Waals surface area contributed by atoms with Crippen LogP contribution < -0.4 is 9.47 Å². The largest absolute Gasteiger partial charge is 0.508 e. The number of piperidine rings is 1. The predicted molar refractivity (Wildman–Crippen MR) is 170 cm³/mol. The Morgan fingerprint density at radius 2 is 1.57 bits per heavy atom. The topological polar surface area (TPSA) is 166 Å². The van der Waals surface area contributed by atoms with E-state index < -0.39 is 36.7 Å². The number of aliphatic carboxylic acids is 1. The van der Waals surface area contributed by atoms with Crippen molar-refractivity contribution in [1.29, 1.82) is 0 Å². The van der Waals surface area contributed by atoms with E-state index in [-0.39, 0.29) is 17.3 Å². The van der Waals surface area contributed by atoms with Gasteiger partial charge in [-0.1, -0.05) is 6.42 Å². The number of rotatable bonds is 10. The zero-order chi connectivity index (χ0) is 32.4. The fraction of sp³-hybridized carbons (Fsp3) is 0.353. The highest BCUT2D eigenvalue weighted by Crippen LogP contribution is 2.42. The summed E-state index contributed by atoms with van der Waals surface area (Å²) in [6.45, 7) is 3.61. The molecule has 0 unspecified atom stereocenters. The standard InChI is InChI=1S/C34H35NO10S/c36-21-8-4-20(5-9-21)32-26(27(37)19-6-10-22(11-7-19)43-17-16-35-14-2-1-3-15-35)24-13-12-23(18-25(24)46-32)44-34-30(40)28(38)29(39)31(45-34)33(41)42/h4-13,18,28-31,34,36,38-40H,1-3,14-17H2,(H,41,42)/t28-,29-,30-,31-,34+/m0/s1. The number of aromatic hydroxyl groups is 1. The summed E-state index contributed by atoms with van der Waals surface area (Å²) in [5.41, 5.74) is 1.64. The van der Waals surface area contributed by atoms with Gasteiger partial charge < -0.3 is 39.7 Å². The molecule has 3 heterocycles. The highest BCUT2D eigenvalue weighted by atomic mass is 32.1. The molecule has 11 nitrogen and oxygen atoms in total. The minimum Gasteiger partial charge on any atom is -0.508 e. The van der Waals surface area contributed by atoms with Crippen LogP contribution in [0.4, 0.5) is 0 Å². The molecule has 6 rings (SSSR count). The number of hydrogen-bond acceptors (Lipinski definition) is 11. The number of thiophene rings is 1. The van der Waals surface area contributed by atoms with Crippen molar-refractivity contribution in [2.75, 3.05) is 26.2 Å². The number of carbonyl (C=O) groups excluding carboxylic acids is 1. The monoisotopic (exact) mass is 649 g/mol.